The molecule has 2 aromatic rings. The molecule has 0 fully saturated rings. The molecule has 2 rings (SSSR count). The first-order valence-electron chi connectivity index (χ1n) is 5.02. The zero-order valence-electron chi connectivity index (χ0n) is 9.12. The van der Waals surface area contributed by atoms with Crippen molar-refractivity contribution in [1.29, 1.82) is 5.26 Å². The van der Waals surface area contributed by atoms with E-state index in [-0.39, 0.29) is 11.1 Å². The molecule has 0 aliphatic carbocycles. The van der Waals surface area contributed by atoms with Gasteiger partial charge in [-0.3, -0.25) is 4.79 Å². The Hall–Kier alpha value is -1.86. The van der Waals surface area contributed by atoms with Crippen LogP contribution < -0.4 is 5.56 Å². The van der Waals surface area contributed by atoms with Gasteiger partial charge in [-0.1, -0.05) is 28.1 Å². The maximum absolute atomic E-state index is 11.6. The fraction of sp³-hybridized carbons (Fsp3) is 0.0769. The summed E-state index contributed by atoms with van der Waals surface area (Å²) in [6.07, 6.45) is 0. The highest BCUT2D eigenvalue weighted by molar-refractivity contribution is 9.10. The molecule has 17 heavy (non-hydrogen) atoms. The van der Waals surface area contributed by atoms with Gasteiger partial charge in [0.25, 0.3) is 5.56 Å². The molecule has 0 radical (unpaired) electrons. The third-order valence-corrected chi connectivity index (χ3v) is 3.02. The summed E-state index contributed by atoms with van der Waals surface area (Å²) >= 11 is 3.36. The molecule has 0 bridgehead atoms. The number of halogens is 1. The quantitative estimate of drug-likeness (QED) is 0.877. The zero-order chi connectivity index (χ0) is 12.4. The van der Waals surface area contributed by atoms with Crippen molar-refractivity contribution in [3.8, 4) is 17.3 Å². The normalized spacial score (nSPS) is 9.94. The summed E-state index contributed by atoms with van der Waals surface area (Å²) in [5.41, 5.74) is 2.34. The molecule has 84 valence electrons. The summed E-state index contributed by atoms with van der Waals surface area (Å²) in [6.45, 7) is 1.87. The predicted octanol–water partition coefficient (Wildman–Crippen LogP) is 2.98. The standard InChI is InChI=1S/C13H9BrN2O/c1-8-6-10(7-15)13(17)16-12(8)9-2-4-11(14)5-3-9/h2-6H,1H3,(H,16,17). The summed E-state index contributed by atoms with van der Waals surface area (Å²) < 4.78 is 0.981. The number of hydrogen-bond donors (Lipinski definition) is 1. The second-order valence-corrected chi connectivity index (χ2v) is 4.60. The lowest BCUT2D eigenvalue weighted by Gasteiger charge is -2.06. The molecule has 1 aromatic carbocycles. The number of hydrogen-bond acceptors (Lipinski definition) is 2. The van der Waals surface area contributed by atoms with E-state index < -0.39 is 0 Å². The van der Waals surface area contributed by atoms with E-state index in [0.29, 0.717) is 0 Å². The molecule has 0 aliphatic rings. The third kappa shape index (κ3) is 2.29. The van der Waals surface area contributed by atoms with Gasteiger partial charge in [0.2, 0.25) is 0 Å². The van der Waals surface area contributed by atoms with Crippen molar-refractivity contribution in [3.63, 3.8) is 0 Å². The molecular weight excluding hydrogens is 280 g/mol. The van der Waals surface area contributed by atoms with Crippen LogP contribution in [0.25, 0.3) is 11.3 Å². The molecule has 0 unspecified atom stereocenters. The highest BCUT2D eigenvalue weighted by atomic mass is 79.9. The molecule has 1 aromatic heterocycles. The number of nitriles is 1. The van der Waals surface area contributed by atoms with Crippen LogP contribution in [0.4, 0.5) is 0 Å². The van der Waals surface area contributed by atoms with E-state index in [9.17, 15) is 4.79 Å². The van der Waals surface area contributed by atoms with Crippen molar-refractivity contribution in [1.82, 2.24) is 4.98 Å². The smallest absolute Gasteiger partial charge is 0.266 e. The summed E-state index contributed by atoms with van der Waals surface area (Å²) in [5.74, 6) is 0. The Labute approximate surface area is 107 Å². The Bertz CT molecular complexity index is 651. The number of rotatable bonds is 1. The van der Waals surface area contributed by atoms with Gasteiger partial charge in [-0.05, 0) is 36.2 Å². The van der Waals surface area contributed by atoms with Crippen LogP contribution in [0, 0.1) is 18.3 Å². The number of aryl methyl sites for hydroxylation is 1. The molecule has 0 saturated carbocycles. The average molecular weight is 289 g/mol. The fourth-order valence-electron chi connectivity index (χ4n) is 1.63. The lowest BCUT2D eigenvalue weighted by atomic mass is 10.1. The van der Waals surface area contributed by atoms with Crippen molar-refractivity contribution >= 4 is 15.9 Å². The SMILES string of the molecule is Cc1cc(C#N)c(=O)[nH]c1-c1ccc(Br)cc1. The Balaban J connectivity index is 2.61. The predicted molar refractivity (Wildman–Crippen MR) is 69.7 cm³/mol. The van der Waals surface area contributed by atoms with Crippen LogP contribution >= 0.6 is 15.9 Å². The van der Waals surface area contributed by atoms with Crippen LogP contribution in [0.1, 0.15) is 11.1 Å². The van der Waals surface area contributed by atoms with E-state index in [4.69, 9.17) is 5.26 Å². The summed E-state index contributed by atoms with van der Waals surface area (Å²) in [4.78, 5) is 14.3. The highest BCUT2D eigenvalue weighted by Crippen LogP contribution is 2.22. The molecule has 1 N–H and O–H groups in total. The van der Waals surface area contributed by atoms with Crippen molar-refractivity contribution < 1.29 is 0 Å². The lowest BCUT2D eigenvalue weighted by molar-refractivity contribution is 1.18. The maximum atomic E-state index is 11.6. The molecule has 0 spiro atoms. The average Bonchev–Trinajstić information content (AvgIpc) is 2.33. The van der Waals surface area contributed by atoms with Crippen molar-refractivity contribution in [2.45, 2.75) is 6.92 Å². The van der Waals surface area contributed by atoms with Crippen LogP contribution in [0.2, 0.25) is 0 Å². The summed E-state index contributed by atoms with van der Waals surface area (Å²) in [6, 6.07) is 11.1. The second kappa shape index (κ2) is 4.56. The van der Waals surface area contributed by atoms with Crippen LogP contribution in [-0.4, -0.2) is 4.98 Å². The van der Waals surface area contributed by atoms with E-state index in [1.807, 2.05) is 37.3 Å². The Morgan fingerprint density at radius 1 is 1.29 bits per heavy atom. The van der Waals surface area contributed by atoms with Gasteiger partial charge in [-0.15, -0.1) is 0 Å². The van der Waals surface area contributed by atoms with Crippen LogP contribution in [0.5, 0.6) is 0 Å². The minimum Gasteiger partial charge on any atom is -0.321 e. The minimum atomic E-state index is -0.351. The molecule has 0 aliphatic heterocycles. The number of aromatic nitrogens is 1. The van der Waals surface area contributed by atoms with E-state index in [0.717, 1.165) is 21.3 Å². The van der Waals surface area contributed by atoms with Crippen LogP contribution in [0.15, 0.2) is 39.6 Å². The van der Waals surface area contributed by atoms with E-state index in [2.05, 4.69) is 20.9 Å². The highest BCUT2D eigenvalue weighted by Gasteiger charge is 2.06. The van der Waals surface area contributed by atoms with Gasteiger partial charge in [0.05, 0.1) is 5.69 Å². The Kier molecular flexibility index (Phi) is 3.12. The molecular formula is C13H9BrN2O. The fourth-order valence-corrected chi connectivity index (χ4v) is 1.90. The number of nitrogens with one attached hydrogen (secondary N) is 1. The molecule has 0 atom stereocenters. The van der Waals surface area contributed by atoms with E-state index in [1.54, 1.807) is 6.07 Å². The largest absolute Gasteiger partial charge is 0.321 e. The summed E-state index contributed by atoms with van der Waals surface area (Å²) in [5, 5.41) is 8.76. The number of H-pyrrole nitrogens is 1. The van der Waals surface area contributed by atoms with Gasteiger partial charge in [0, 0.05) is 4.47 Å². The number of aromatic amines is 1. The Morgan fingerprint density at radius 2 is 1.94 bits per heavy atom. The maximum Gasteiger partial charge on any atom is 0.266 e. The van der Waals surface area contributed by atoms with Gasteiger partial charge >= 0.3 is 0 Å². The van der Waals surface area contributed by atoms with Gasteiger partial charge in [-0.25, -0.2) is 0 Å². The van der Waals surface area contributed by atoms with Crippen LogP contribution in [-0.2, 0) is 0 Å². The third-order valence-electron chi connectivity index (χ3n) is 2.49. The van der Waals surface area contributed by atoms with Crippen LogP contribution in [0.3, 0.4) is 0 Å². The lowest BCUT2D eigenvalue weighted by Crippen LogP contribution is -2.11. The second-order valence-electron chi connectivity index (χ2n) is 3.69. The number of benzene rings is 1. The van der Waals surface area contributed by atoms with Crippen molar-refractivity contribution in [2.24, 2.45) is 0 Å². The zero-order valence-corrected chi connectivity index (χ0v) is 10.7. The number of nitrogens with zero attached hydrogens (tertiary/aromatic N) is 1. The monoisotopic (exact) mass is 288 g/mol. The molecule has 0 saturated heterocycles. The molecule has 4 heteroatoms. The van der Waals surface area contributed by atoms with Crippen molar-refractivity contribution in [3.05, 3.63) is 56.3 Å². The van der Waals surface area contributed by atoms with Gasteiger partial charge in [0.15, 0.2) is 0 Å². The first-order chi connectivity index (χ1) is 8.11. The van der Waals surface area contributed by atoms with Gasteiger partial charge in [0.1, 0.15) is 11.6 Å². The van der Waals surface area contributed by atoms with E-state index >= 15 is 0 Å². The molecule has 0 amide bonds. The van der Waals surface area contributed by atoms with E-state index in [1.165, 1.54) is 0 Å². The topological polar surface area (TPSA) is 56.6 Å². The van der Waals surface area contributed by atoms with Gasteiger partial charge in [-0.2, -0.15) is 5.26 Å². The van der Waals surface area contributed by atoms with Gasteiger partial charge < -0.3 is 4.98 Å². The van der Waals surface area contributed by atoms with Crippen molar-refractivity contribution in [2.75, 3.05) is 0 Å². The first-order valence-corrected chi connectivity index (χ1v) is 5.81. The molecule has 3 nitrogen and oxygen atoms in total. The summed E-state index contributed by atoms with van der Waals surface area (Å²) in [7, 11) is 0. The molecule has 1 heterocycles. The number of pyridine rings is 1. The Morgan fingerprint density at radius 3 is 2.53 bits per heavy atom. The minimum absolute atomic E-state index is 0.142. The first kappa shape index (κ1) is 11.6.